The summed E-state index contributed by atoms with van der Waals surface area (Å²) in [5, 5.41) is 1.26. The van der Waals surface area contributed by atoms with Crippen LogP contribution in [0.4, 0.5) is 5.69 Å². The van der Waals surface area contributed by atoms with E-state index in [2.05, 4.69) is 70.3 Å². The van der Waals surface area contributed by atoms with E-state index in [1.54, 1.807) is 12.0 Å². The van der Waals surface area contributed by atoms with Crippen LogP contribution >= 0.6 is 0 Å². The monoisotopic (exact) mass is 495 g/mol. The molecule has 0 N–H and O–H groups in total. The third-order valence-corrected chi connectivity index (χ3v) is 7.65. The van der Waals surface area contributed by atoms with Gasteiger partial charge in [-0.3, -0.25) is 9.69 Å². The molecule has 4 aromatic rings. The predicted molar refractivity (Wildman–Crippen MR) is 152 cm³/mol. The van der Waals surface area contributed by atoms with Crippen molar-refractivity contribution in [3.63, 3.8) is 0 Å². The van der Waals surface area contributed by atoms with E-state index in [-0.39, 0.29) is 11.8 Å². The molecule has 0 unspecified atom stereocenters. The maximum absolute atomic E-state index is 12.4. The molecule has 0 spiro atoms. The molecule has 37 heavy (non-hydrogen) atoms. The molecule has 0 aliphatic carbocycles. The average molecular weight is 496 g/mol. The summed E-state index contributed by atoms with van der Waals surface area (Å²) in [5.41, 5.74) is 6.05. The Morgan fingerprint density at radius 3 is 2.46 bits per heavy atom. The Hall–Kier alpha value is -3.57. The van der Waals surface area contributed by atoms with Gasteiger partial charge in [0.1, 0.15) is 5.75 Å². The summed E-state index contributed by atoms with van der Waals surface area (Å²) in [7, 11) is 3.57. The van der Waals surface area contributed by atoms with Crippen LogP contribution in [-0.2, 0) is 11.3 Å². The zero-order valence-corrected chi connectivity index (χ0v) is 22.4. The van der Waals surface area contributed by atoms with Crippen molar-refractivity contribution in [3.8, 4) is 11.4 Å². The van der Waals surface area contributed by atoms with Gasteiger partial charge in [-0.1, -0.05) is 32.0 Å². The SMILES string of the molecule is COc1ccc(-n2ccc3cc(CN4CCC(c5cccc(N(C)C(=O)C(C)C)c5)CC4)ccc32)cc1. The molecule has 1 amide bonds. The molecule has 1 aliphatic heterocycles. The fraction of sp³-hybridized carbons (Fsp3) is 0.344. The van der Waals surface area contributed by atoms with Gasteiger partial charge in [-0.2, -0.15) is 0 Å². The van der Waals surface area contributed by atoms with Crippen LogP contribution in [0.1, 0.15) is 43.7 Å². The zero-order chi connectivity index (χ0) is 25.9. The first-order chi connectivity index (χ1) is 17.9. The number of rotatable bonds is 7. The number of hydrogen-bond donors (Lipinski definition) is 0. The Labute approximate surface area is 220 Å². The number of aromatic nitrogens is 1. The summed E-state index contributed by atoms with van der Waals surface area (Å²) in [6, 6.07) is 25.8. The maximum Gasteiger partial charge on any atom is 0.229 e. The highest BCUT2D eigenvalue weighted by Crippen LogP contribution is 2.31. The zero-order valence-electron chi connectivity index (χ0n) is 22.4. The third kappa shape index (κ3) is 5.42. The van der Waals surface area contributed by atoms with Crippen LogP contribution in [-0.4, -0.2) is 42.6 Å². The molecule has 5 nitrogen and oxygen atoms in total. The molecule has 2 heterocycles. The van der Waals surface area contributed by atoms with Gasteiger partial charge in [-0.25, -0.2) is 0 Å². The summed E-state index contributed by atoms with van der Waals surface area (Å²) in [5.74, 6) is 1.56. The van der Waals surface area contributed by atoms with Crippen molar-refractivity contribution in [3.05, 3.63) is 90.1 Å². The van der Waals surface area contributed by atoms with Crippen LogP contribution in [0.3, 0.4) is 0 Å². The highest BCUT2D eigenvalue weighted by Gasteiger charge is 2.22. The molecule has 0 atom stereocenters. The van der Waals surface area contributed by atoms with Gasteiger partial charge in [0.05, 0.1) is 12.6 Å². The van der Waals surface area contributed by atoms with Gasteiger partial charge in [-0.05, 0) is 97.6 Å². The number of fused-ring (bicyclic) bond motifs is 1. The number of anilines is 1. The Kier molecular flexibility index (Phi) is 7.33. The van der Waals surface area contributed by atoms with Gasteiger partial charge in [0.25, 0.3) is 0 Å². The van der Waals surface area contributed by atoms with E-state index in [9.17, 15) is 4.79 Å². The Morgan fingerprint density at radius 1 is 1.00 bits per heavy atom. The third-order valence-electron chi connectivity index (χ3n) is 7.65. The fourth-order valence-corrected chi connectivity index (χ4v) is 5.44. The number of carbonyl (C=O) groups is 1. The Balaban J connectivity index is 1.22. The quantitative estimate of drug-likeness (QED) is 0.289. The van der Waals surface area contributed by atoms with Crippen LogP contribution in [0.15, 0.2) is 79.0 Å². The number of likely N-dealkylation sites (tertiary alicyclic amines) is 1. The molecule has 192 valence electrons. The molecule has 0 saturated carbocycles. The van der Waals surface area contributed by atoms with Gasteiger partial charge in [0.15, 0.2) is 0 Å². The molecule has 1 aliphatic rings. The minimum Gasteiger partial charge on any atom is -0.497 e. The van der Waals surface area contributed by atoms with Crippen molar-refractivity contribution in [2.24, 2.45) is 5.92 Å². The van der Waals surface area contributed by atoms with Gasteiger partial charge in [-0.15, -0.1) is 0 Å². The lowest BCUT2D eigenvalue weighted by Gasteiger charge is -2.32. The smallest absolute Gasteiger partial charge is 0.229 e. The second kappa shape index (κ2) is 10.8. The normalized spacial score (nSPS) is 14.8. The second-order valence-electron chi connectivity index (χ2n) is 10.5. The van der Waals surface area contributed by atoms with E-state index in [4.69, 9.17) is 4.74 Å². The number of methoxy groups -OCH3 is 1. The van der Waals surface area contributed by atoms with Gasteiger partial charge in [0, 0.05) is 42.5 Å². The van der Waals surface area contributed by atoms with Crippen molar-refractivity contribution >= 4 is 22.5 Å². The molecule has 1 aromatic heterocycles. The van der Waals surface area contributed by atoms with Gasteiger partial charge in [0.2, 0.25) is 5.91 Å². The second-order valence-corrected chi connectivity index (χ2v) is 10.5. The number of benzene rings is 3. The van der Waals surface area contributed by atoms with Crippen LogP contribution in [0, 0.1) is 5.92 Å². The summed E-state index contributed by atoms with van der Waals surface area (Å²) in [6.45, 7) is 7.04. The predicted octanol–water partition coefficient (Wildman–Crippen LogP) is 6.64. The Morgan fingerprint density at radius 2 is 1.76 bits per heavy atom. The summed E-state index contributed by atoms with van der Waals surface area (Å²) < 4.78 is 7.52. The highest BCUT2D eigenvalue weighted by atomic mass is 16.5. The minimum atomic E-state index is -0.00267. The van der Waals surface area contributed by atoms with Crippen molar-refractivity contribution in [1.82, 2.24) is 9.47 Å². The minimum absolute atomic E-state index is 0.00267. The number of amides is 1. The van der Waals surface area contributed by atoms with Crippen molar-refractivity contribution < 1.29 is 9.53 Å². The number of ether oxygens (including phenoxy) is 1. The molecule has 1 saturated heterocycles. The molecule has 0 bridgehead atoms. The van der Waals surface area contributed by atoms with E-state index >= 15 is 0 Å². The number of carbonyl (C=O) groups excluding carboxylic acids is 1. The van der Waals surface area contributed by atoms with E-state index in [1.165, 1.54) is 22.0 Å². The van der Waals surface area contributed by atoms with Crippen LogP contribution in [0.2, 0.25) is 0 Å². The lowest BCUT2D eigenvalue weighted by atomic mass is 9.89. The maximum atomic E-state index is 12.4. The van der Waals surface area contributed by atoms with Gasteiger partial charge < -0.3 is 14.2 Å². The lowest BCUT2D eigenvalue weighted by Crippen LogP contribution is -2.33. The topological polar surface area (TPSA) is 37.7 Å². The molecule has 0 radical (unpaired) electrons. The molecule has 5 heteroatoms. The average Bonchev–Trinajstić information content (AvgIpc) is 3.36. The fourth-order valence-electron chi connectivity index (χ4n) is 5.44. The molecular formula is C32H37N3O2. The van der Waals surface area contributed by atoms with E-state index in [0.29, 0.717) is 5.92 Å². The van der Waals surface area contributed by atoms with Crippen LogP contribution in [0.25, 0.3) is 16.6 Å². The molecule has 5 rings (SSSR count). The largest absolute Gasteiger partial charge is 0.497 e. The summed E-state index contributed by atoms with van der Waals surface area (Å²) >= 11 is 0. The molecule has 1 fully saturated rings. The summed E-state index contributed by atoms with van der Waals surface area (Å²) in [4.78, 5) is 16.8. The highest BCUT2D eigenvalue weighted by molar-refractivity contribution is 5.94. The standard InChI is InChI=1S/C32H37N3O2/c1-23(2)32(36)33(3)29-7-5-6-26(21-29)25-14-17-34(18-15-25)22-24-8-13-31-27(20-24)16-19-35(31)28-9-11-30(37-4)12-10-28/h5-13,16,19-21,23,25H,14-15,17-18,22H2,1-4H3. The Bertz CT molecular complexity index is 1360. The van der Waals surface area contributed by atoms with Crippen LogP contribution in [0.5, 0.6) is 5.75 Å². The molecular weight excluding hydrogens is 458 g/mol. The number of piperidine rings is 1. The summed E-state index contributed by atoms with van der Waals surface area (Å²) in [6.07, 6.45) is 4.42. The van der Waals surface area contributed by atoms with E-state index in [1.807, 2.05) is 39.1 Å². The number of nitrogens with zero attached hydrogens (tertiary/aromatic N) is 3. The van der Waals surface area contributed by atoms with Crippen molar-refractivity contribution in [2.75, 3.05) is 32.1 Å². The first-order valence-electron chi connectivity index (χ1n) is 13.3. The van der Waals surface area contributed by atoms with E-state index in [0.717, 1.165) is 49.6 Å². The van der Waals surface area contributed by atoms with Crippen LogP contribution < -0.4 is 9.64 Å². The van der Waals surface area contributed by atoms with Crippen molar-refractivity contribution in [2.45, 2.75) is 39.2 Å². The van der Waals surface area contributed by atoms with Gasteiger partial charge >= 0.3 is 0 Å². The molecule has 3 aromatic carbocycles. The first kappa shape index (κ1) is 25.1. The van der Waals surface area contributed by atoms with Crippen molar-refractivity contribution in [1.29, 1.82) is 0 Å². The van der Waals surface area contributed by atoms with E-state index < -0.39 is 0 Å². The lowest BCUT2D eigenvalue weighted by molar-refractivity contribution is -0.121. The number of hydrogen-bond acceptors (Lipinski definition) is 3. The first-order valence-corrected chi connectivity index (χ1v) is 13.3.